The number of fused-ring (bicyclic) bond motifs is 1. The highest BCUT2D eigenvalue weighted by molar-refractivity contribution is 5.99. The van der Waals surface area contributed by atoms with Crippen molar-refractivity contribution in [1.82, 2.24) is 15.5 Å². The van der Waals surface area contributed by atoms with Crippen molar-refractivity contribution >= 4 is 11.8 Å². The lowest BCUT2D eigenvalue weighted by Crippen LogP contribution is -2.54. The van der Waals surface area contributed by atoms with Crippen LogP contribution in [-0.2, 0) is 16.0 Å². The molecule has 1 fully saturated rings. The van der Waals surface area contributed by atoms with Gasteiger partial charge in [-0.05, 0) is 31.0 Å². The molecule has 1 aromatic heterocycles. The molecule has 162 valence electrons. The first kappa shape index (κ1) is 19.7. The summed E-state index contributed by atoms with van der Waals surface area (Å²) in [6, 6.07) is 10.9. The van der Waals surface area contributed by atoms with Crippen molar-refractivity contribution in [3.63, 3.8) is 0 Å². The normalized spacial score (nSPS) is 25.3. The van der Waals surface area contributed by atoms with Crippen molar-refractivity contribution in [1.29, 1.82) is 0 Å². The summed E-state index contributed by atoms with van der Waals surface area (Å²) in [5.41, 5.74) is 2.34. The van der Waals surface area contributed by atoms with E-state index in [-0.39, 0.29) is 30.3 Å². The molecule has 2 aromatic rings. The second-order valence-electron chi connectivity index (χ2n) is 8.38. The monoisotopic (exact) mass is 421 g/mol. The molecule has 7 heteroatoms. The Balaban J connectivity index is 1.66. The maximum atomic E-state index is 13.8. The van der Waals surface area contributed by atoms with E-state index in [4.69, 9.17) is 9.15 Å². The molecule has 0 spiro atoms. The number of benzene rings is 1. The molecule has 5 rings (SSSR count). The molecule has 1 aromatic carbocycles. The number of para-hydroxylation sites is 1. The Morgan fingerprint density at radius 2 is 2.03 bits per heavy atom. The number of nitrogens with one attached hydrogen (secondary N) is 2. The molecule has 0 radical (unpaired) electrons. The fourth-order valence-corrected chi connectivity index (χ4v) is 5.26. The Kier molecular flexibility index (Phi) is 5.18. The average molecular weight is 421 g/mol. The SMILES string of the molecule is COc1ccccc1[C@@H]1C2=C(CNC2=O)N[C@@H]2CCCC[C@H]2N1C(=O)Cc1ccco1. The van der Waals surface area contributed by atoms with Gasteiger partial charge in [0.25, 0.3) is 5.91 Å². The topological polar surface area (TPSA) is 83.8 Å². The standard InChI is InChI=1S/C24H27N3O4/c1-30-20-11-5-2-8-16(20)23-22-18(14-25-24(22)29)26-17-9-3-4-10-19(17)27(23)21(28)13-15-7-6-12-31-15/h2,5-8,11-12,17,19,23,26H,3-4,9-10,13-14H2,1H3,(H,25,29)/t17-,19-,23-/m1/s1. The van der Waals surface area contributed by atoms with Gasteiger partial charge < -0.3 is 24.7 Å². The fraction of sp³-hybridized carbons (Fsp3) is 0.417. The van der Waals surface area contributed by atoms with Crippen LogP contribution in [0.15, 0.2) is 58.3 Å². The Morgan fingerprint density at radius 3 is 2.84 bits per heavy atom. The summed E-state index contributed by atoms with van der Waals surface area (Å²) in [5, 5.41) is 6.58. The lowest BCUT2D eigenvalue weighted by Gasteiger charge is -2.42. The molecule has 2 aliphatic heterocycles. The zero-order chi connectivity index (χ0) is 21.4. The van der Waals surface area contributed by atoms with Crippen LogP contribution < -0.4 is 15.4 Å². The molecule has 0 unspecified atom stereocenters. The van der Waals surface area contributed by atoms with Crippen molar-refractivity contribution in [3.8, 4) is 5.75 Å². The van der Waals surface area contributed by atoms with Gasteiger partial charge in [0, 0.05) is 17.3 Å². The van der Waals surface area contributed by atoms with Gasteiger partial charge in [0.15, 0.2) is 0 Å². The number of nitrogens with zero attached hydrogens (tertiary/aromatic N) is 1. The van der Waals surface area contributed by atoms with Gasteiger partial charge in [-0.2, -0.15) is 0 Å². The van der Waals surface area contributed by atoms with E-state index in [2.05, 4.69) is 10.6 Å². The summed E-state index contributed by atoms with van der Waals surface area (Å²) in [5.74, 6) is 1.12. The highest BCUT2D eigenvalue weighted by Crippen LogP contribution is 2.43. The first-order valence-corrected chi connectivity index (χ1v) is 10.9. The van der Waals surface area contributed by atoms with Crippen molar-refractivity contribution in [2.45, 2.75) is 50.2 Å². The molecule has 2 amide bonds. The van der Waals surface area contributed by atoms with E-state index in [0.717, 1.165) is 36.9 Å². The van der Waals surface area contributed by atoms with Crippen molar-refractivity contribution in [2.24, 2.45) is 0 Å². The minimum Gasteiger partial charge on any atom is -0.496 e. The molecule has 1 saturated carbocycles. The zero-order valence-electron chi connectivity index (χ0n) is 17.6. The molecule has 31 heavy (non-hydrogen) atoms. The Morgan fingerprint density at radius 1 is 1.19 bits per heavy atom. The Bertz CT molecular complexity index is 1010. The molecule has 7 nitrogen and oxygen atoms in total. The summed E-state index contributed by atoms with van der Waals surface area (Å²) in [4.78, 5) is 28.8. The van der Waals surface area contributed by atoms with Crippen LogP contribution in [0.4, 0.5) is 0 Å². The smallest absolute Gasteiger partial charge is 0.251 e. The molecular formula is C24H27N3O4. The zero-order valence-corrected chi connectivity index (χ0v) is 17.6. The summed E-state index contributed by atoms with van der Waals surface area (Å²) < 4.78 is 11.1. The van der Waals surface area contributed by atoms with E-state index in [1.807, 2.05) is 35.2 Å². The van der Waals surface area contributed by atoms with Crippen LogP contribution in [0.3, 0.4) is 0 Å². The van der Waals surface area contributed by atoms with E-state index >= 15 is 0 Å². The van der Waals surface area contributed by atoms with Crippen LogP contribution in [0.2, 0.25) is 0 Å². The maximum absolute atomic E-state index is 13.8. The molecule has 0 bridgehead atoms. The molecule has 2 N–H and O–H groups in total. The third kappa shape index (κ3) is 3.48. The van der Waals surface area contributed by atoms with Crippen LogP contribution >= 0.6 is 0 Å². The van der Waals surface area contributed by atoms with Gasteiger partial charge in [0.1, 0.15) is 11.5 Å². The van der Waals surface area contributed by atoms with Gasteiger partial charge in [-0.3, -0.25) is 9.59 Å². The van der Waals surface area contributed by atoms with E-state index in [0.29, 0.717) is 23.6 Å². The number of carbonyl (C=O) groups excluding carboxylic acids is 2. The van der Waals surface area contributed by atoms with Crippen molar-refractivity contribution < 1.29 is 18.7 Å². The van der Waals surface area contributed by atoms with Gasteiger partial charge in [-0.1, -0.05) is 31.0 Å². The lowest BCUT2D eigenvalue weighted by atomic mass is 9.87. The van der Waals surface area contributed by atoms with Crippen LogP contribution in [0.5, 0.6) is 5.75 Å². The minimum atomic E-state index is -0.517. The summed E-state index contributed by atoms with van der Waals surface area (Å²) in [6.45, 7) is 0.462. The third-order valence-corrected chi connectivity index (χ3v) is 6.62. The Labute approximate surface area is 181 Å². The van der Waals surface area contributed by atoms with Crippen LogP contribution in [0, 0.1) is 0 Å². The van der Waals surface area contributed by atoms with Gasteiger partial charge in [-0.25, -0.2) is 0 Å². The maximum Gasteiger partial charge on any atom is 0.251 e. The molecular weight excluding hydrogens is 394 g/mol. The largest absolute Gasteiger partial charge is 0.496 e. The number of furan rings is 1. The number of hydrogen-bond donors (Lipinski definition) is 2. The average Bonchev–Trinajstić information content (AvgIpc) is 3.39. The number of carbonyl (C=O) groups is 2. The van der Waals surface area contributed by atoms with Crippen LogP contribution in [-0.4, -0.2) is 42.5 Å². The van der Waals surface area contributed by atoms with E-state index in [1.165, 1.54) is 0 Å². The van der Waals surface area contributed by atoms with E-state index in [9.17, 15) is 9.59 Å². The molecule has 3 aliphatic rings. The van der Waals surface area contributed by atoms with Gasteiger partial charge in [0.05, 0.1) is 44.0 Å². The number of rotatable bonds is 4. The third-order valence-electron chi connectivity index (χ3n) is 6.62. The highest BCUT2D eigenvalue weighted by Gasteiger charge is 2.46. The fourth-order valence-electron chi connectivity index (χ4n) is 5.26. The number of hydrogen-bond acceptors (Lipinski definition) is 5. The molecule has 1 aliphatic carbocycles. The summed E-state index contributed by atoms with van der Waals surface area (Å²) >= 11 is 0. The highest BCUT2D eigenvalue weighted by atomic mass is 16.5. The summed E-state index contributed by atoms with van der Waals surface area (Å²) in [6.07, 6.45) is 5.78. The van der Waals surface area contributed by atoms with Crippen molar-refractivity contribution in [2.75, 3.05) is 13.7 Å². The minimum absolute atomic E-state index is 0.00970. The van der Waals surface area contributed by atoms with Gasteiger partial charge in [0.2, 0.25) is 5.91 Å². The molecule has 3 atom stereocenters. The van der Waals surface area contributed by atoms with Gasteiger partial charge >= 0.3 is 0 Å². The first-order valence-electron chi connectivity index (χ1n) is 10.9. The van der Waals surface area contributed by atoms with Crippen LogP contribution in [0.1, 0.15) is 43.0 Å². The van der Waals surface area contributed by atoms with Crippen LogP contribution in [0.25, 0.3) is 0 Å². The summed E-state index contributed by atoms with van der Waals surface area (Å²) in [7, 11) is 1.62. The van der Waals surface area contributed by atoms with Gasteiger partial charge in [-0.15, -0.1) is 0 Å². The Hall–Kier alpha value is -3.22. The lowest BCUT2D eigenvalue weighted by molar-refractivity contribution is -0.136. The van der Waals surface area contributed by atoms with E-state index in [1.54, 1.807) is 19.4 Å². The second kappa shape index (κ2) is 8.13. The van der Waals surface area contributed by atoms with Crippen molar-refractivity contribution in [3.05, 3.63) is 65.3 Å². The number of ether oxygens (including phenoxy) is 1. The number of methoxy groups -OCH3 is 1. The molecule has 0 saturated heterocycles. The van der Waals surface area contributed by atoms with E-state index < -0.39 is 6.04 Å². The predicted octanol–water partition coefficient (Wildman–Crippen LogP) is 2.70. The second-order valence-corrected chi connectivity index (χ2v) is 8.38. The predicted molar refractivity (Wildman–Crippen MR) is 114 cm³/mol. The first-order chi connectivity index (χ1) is 15.2. The quantitative estimate of drug-likeness (QED) is 0.793. The molecule has 3 heterocycles. The number of amides is 2.